The minimum absolute atomic E-state index is 0.0151. The minimum atomic E-state index is -3.72. The number of sulfone groups is 1. The first kappa shape index (κ1) is 26.6. The molecule has 0 saturated carbocycles. The van der Waals surface area contributed by atoms with Crippen LogP contribution in [0.4, 0.5) is 5.69 Å². The summed E-state index contributed by atoms with van der Waals surface area (Å²) in [6.07, 6.45) is 4.29. The first-order chi connectivity index (χ1) is 18.3. The van der Waals surface area contributed by atoms with Crippen molar-refractivity contribution in [1.82, 2.24) is 9.47 Å². The Bertz CT molecular complexity index is 1620. The van der Waals surface area contributed by atoms with E-state index in [2.05, 4.69) is 10.2 Å². The van der Waals surface area contributed by atoms with Crippen LogP contribution >= 0.6 is 22.9 Å². The Morgan fingerprint density at radius 1 is 1.00 bits per heavy atom. The third-order valence-corrected chi connectivity index (χ3v) is 10.2. The quantitative estimate of drug-likeness (QED) is 0.295. The topological polar surface area (TPSA) is 88.5 Å². The molecule has 0 spiro atoms. The number of nitrogens with one attached hydrogen (secondary N) is 1. The molecule has 5 rings (SSSR count). The Balaban J connectivity index is 1.24. The number of pyridine rings is 1. The zero-order valence-electron chi connectivity index (χ0n) is 20.7. The third-order valence-electron chi connectivity index (χ3n) is 6.68. The number of halogens is 1. The number of benzene rings is 2. The Kier molecular flexibility index (Phi) is 7.99. The maximum atomic E-state index is 13.2. The number of fused-ring (bicyclic) bond motifs is 1. The van der Waals surface area contributed by atoms with Crippen molar-refractivity contribution in [2.24, 2.45) is 0 Å². The number of aromatic nitrogens is 1. The zero-order chi connectivity index (χ0) is 26.7. The van der Waals surface area contributed by atoms with Crippen LogP contribution in [0.15, 0.2) is 75.9 Å². The van der Waals surface area contributed by atoms with Crippen LogP contribution in [0.5, 0.6) is 0 Å². The SMILES string of the molecule is O=C(Cc1ccc(-n2ccc3cc(NCCN4CCCC4)ccc3c2=O)cc1)CS(=O)(=O)c1ccc(Cl)s1. The van der Waals surface area contributed by atoms with Crippen LogP contribution in [-0.4, -0.2) is 55.6 Å². The van der Waals surface area contributed by atoms with Crippen LogP contribution in [0.2, 0.25) is 4.34 Å². The number of ketones is 1. The minimum Gasteiger partial charge on any atom is -0.384 e. The fraction of sp³-hybridized carbons (Fsp3) is 0.286. The molecule has 0 unspecified atom stereocenters. The van der Waals surface area contributed by atoms with Gasteiger partial charge < -0.3 is 10.2 Å². The average molecular weight is 570 g/mol. The third kappa shape index (κ3) is 6.18. The number of carbonyl (C=O) groups excluding carboxylic acids is 1. The van der Waals surface area contributed by atoms with Gasteiger partial charge in [0.05, 0.1) is 4.34 Å². The lowest BCUT2D eigenvalue weighted by Gasteiger charge is -2.15. The summed E-state index contributed by atoms with van der Waals surface area (Å²) in [5.74, 6) is -0.986. The van der Waals surface area contributed by atoms with Crippen LogP contribution in [0.25, 0.3) is 16.5 Å². The summed E-state index contributed by atoms with van der Waals surface area (Å²) in [5.41, 5.74) is 2.21. The van der Waals surface area contributed by atoms with Crippen molar-refractivity contribution in [2.75, 3.05) is 37.2 Å². The van der Waals surface area contributed by atoms with Crippen LogP contribution in [-0.2, 0) is 21.1 Å². The normalized spacial score (nSPS) is 14.2. The van der Waals surface area contributed by atoms with Gasteiger partial charge in [-0.2, -0.15) is 0 Å². The highest BCUT2D eigenvalue weighted by atomic mass is 35.5. The molecule has 1 fully saturated rings. The number of Topliss-reactive ketones (excluding diaryl/α,β-unsaturated/α-hetero) is 1. The van der Waals surface area contributed by atoms with Crippen LogP contribution in [0.1, 0.15) is 18.4 Å². The van der Waals surface area contributed by atoms with E-state index < -0.39 is 21.4 Å². The van der Waals surface area contributed by atoms with Gasteiger partial charge in [0.1, 0.15) is 9.96 Å². The molecule has 4 aromatic rings. The maximum Gasteiger partial charge on any atom is 0.262 e. The standard InChI is InChI=1S/C28H28ClN3O4S2/c29-26-9-10-27(37-26)38(35,36)19-24(33)17-20-3-6-23(7-4-20)32-15-11-21-18-22(5-8-25(21)28(32)34)30-12-16-31-13-1-2-14-31/h3-11,15,18,30H,1-2,12-14,16-17,19H2. The van der Waals surface area contributed by atoms with E-state index in [-0.39, 0.29) is 16.2 Å². The Morgan fingerprint density at radius 3 is 2.47 bits per heavy atom. The highest BCUT2D eigenvalue weighted by Gasteiger charge is 2.21. The first-order valence-corrected chi connectivity index (χ1v) is 15.3. The van der Waals surface area contributed by atoms with Crippen LogP contribution in [0.3, 0.4) is 0 Å². The number of likely N-dealkylation sites (tertiary alicyclic amines) is 1. The molecule has 1 saturated heterocycles. The molecule has 7 nitrogen and oxygen atoms in total. The van der Waals surface area contributed by atoms with E-state index in [9.17, 15) is 18.0 Å². The molecule has 198 valence electrons. The van der Waals surface area contributed by atoms with Crippen molar-refractivity contribution >= 4 is 55.0 Å². The molecule has 0 atom stereocenters. The summed E-state index contributed by atoms with van der Waals surface area (Å²) in [6, 6.07) is 17.6. The molecule has 1 aliphatic rings. The fourth-order valence-corrected chi connectivity index (χ4v) is 7.54. The first-order valence-electron chi connectivity index (χ1n) is 12.5. The van der Waals surface area contributed by atoms with Gasteiger partial charge in [0, 0.05) is 42.5 Å². The number of anilines is 1. The summed E-state index contributed by atoms with van der Waals surface area (Å²) in [7, 11) is -3.72. The molecular weight excluding hydrogens is 542 g/mol. The Hall–Kier alpha value is -2.98. The van der Waals surface area contributed by atoms with Gasteiger partial charge in [0.25, 0.3) is 5.56 Å². The predicted octanol–water partition coefficient (Wildman–Crippen LogP) is 4.80. The number of hydrogen-bond acceptors (Lipinski definition) is 7. The molecule has 38 heavy (non-hydrogen) atoms. The van der Waals surface area contributed by atoms with E-state index in [0.717, 1.165) is 35.5 Å². The highest BCUT2D eigenvalue weighted by Crippen LogP contribution is 2.26. The van der Waals surface area contributed by atoms with Gasteiger partial charge in [0.2, 0.25) is 0 Å². The largest absolute Gasteiger partial charge is 0.384 e. The van der Waals surface area contributed by atoms with Crippen molar-refractivity contribution in [3.63, 3.8) is 0 Å². The summed E-state index contributed by atoms with van der Waals surface area (Å²) in [4.78, 5) is 28.1. The van der Waals surface area contributed by atoms with E-state index in [1.165, 1.54) is 38.1 Å². The second kappa shape index (κ2) is 11.4. The smallest absolute Gasteiger partial charge is 0.262 e. The fourth-order valence-electron chi connectivity index (χ4n) is 4.73. The summed E-state index contributed by atoms with van der Waals surface area (Å²) in [6.45, 7) is 4.22. The molecule has 0 bridgehead atoms. The van der Waals surface area contributed by atoms with Crippen molar-refractivity contribution in [2.45, 2.75) is 23.5 Å². The van der Waals surface area contributed by atoms with E-state index in [0.29, 0.717) is 21.0 Å². The van der Waals surface area contributed by atoms with Crippen molar-refractivity contribution in [1.29, 1.82) is 0 Å². The Labute approximate surface area is 230 Å². The average Bonchev–Trinajstić information content (AvgIpc) is 3.57. The molecule has 0 amide bonds. The number of thiophene rings is 1. The maximum absolute atomic E-state index is 13.2. The Morgan fingerprint density at radius 2 is 1.76 bits per heavy atom. The van der Waals surface area contributed by atoms with Crippen molar-refractivity contribution in [3.8, 4) is 5.69 Å². The summed E-state index contributed by atoms with van der Waals surface area (Å²) in [5, 5.41) is 4.94. The summed E-state index contributed by atoms with van der Waals surface area (Å²) >= 11 is 6.77. The van der Waals surface area contributed by atoms with Crippen molar-refractivity contribution < 1.29 is 13.2 Å². The van der Waals surface area contributed by atoms with Gasteiger partial charge in [-0.05, 0) is 85.4 Å². The van der Waals surface area contributed by atoms with Gasteiger partial charge in [-0.25, -0.2) is 8.42 Å². The van der Waals surface area contributed by atoms with E-state index in [1.807, 2.05) is 24.3 Å². The molecule has 2 aromatic carbocycles. The van der Waals surface area contributed by atoms with Gasteiger partial charge >= 0.3 is 0 Å². The number of nitrogens with zero attached hydrogens (tertiary/aromatic N) is 2. The number of rotatable bonds is 10. The molecule has 1 N–H and O–H groups in total. The van der Waals surface area contributed by atoms with Crippen LogP contribution < -0.4 is 10.9 Å². The van der Waals surface area contributed by atoms with E-state index in [4.69, 9.17) is 11.6 Å². The number of carbonyl (C=O) groups is 1. The highest BCUT2D eigenvalue weighted by molar-refractivity contribution is 7.94. The molecule has 0 radical (unpaired) electrons. The second-order valence-corrected chi connectivity index (χ2v) is 13.4. The predicted molar refractivity (Wildman–Crippen MR) is 154 cm³/mol. The molecular formula is C28H28ClN3O4S2. The number of hydrogen-bond donors (Lipinski definition) is 1. The van der Waals surface area contributed by atoms with E-state index >= 15 is 0 Å². The molecule has 3 heterocycles. The van der Waals surface area contributed by atoms with Gasteiger partial charge in [-0.15, -0.1) is 11.3 Å². The summed E-state index contributed by atoms with van der Waals surface area (Å²) < 4.78 is 26.9. The molecule has 10 heteroatoms. The van der Waals surface area contributed by atoms with Gasteiger partial charge in [-0.3, -0.25) is 14.2 Å². The molecule has 2 aromatic heterocycles. The van der Waals surface area contributed by atoms with E-state index in [1.54, 1.807) is 35.0 Å². The zero-order valence-corrected chi connectivity index (χ0v) is 23.1. The van der Waals surface area contributed by atoms with Gasteiger partial charge in [-0.1, -0.05) is 23.7 Å². The lowest BCUT2D eigenvalue weighted by molar-refractivity contribution is -0.116. The monoisotopic (exact) mass is 569 g/mol. The van der Waals surface area contributed by atoms with Gasteiger partial charge in [0.15, 0.2) is 15.6 Å². The molecule has 0 aliphatic carbocycles. The lowest BCUT2D eigenvalue weighted by Crippen LogP contribution is -2.25. The second-order valence-electron chi connectivity index (χ2n) is 9.47. The van der Waals surface area contributed by atoms with Crippen molar-refractivity contribution in [3.05, 3.63) is 87.1 Å². The molecule has 1 aliphatic heterocycles. The van der Waals surface area contributed by atoms with Crippen LogP contribution in [0, 0.1) is 0 Å². The lowest BCUT2D eigenvalue weighted by atomic mass is 10.1.